The Hall–Kier alpha value is -3.38. The van der Waals surface area contributed by atoms with Crippen LogP contribution in [0.2, 0.25) is 0 Å². The summed E-state index contributed by atoms with van der Waals surface area (Å²) in [6.07, 6.45) is -13.4. The molecule has 0 aliphatic carbocycles. The van der Waals surface area contributed by atoms with Crippen LogP contribution in [0.25, 0.3) is 0 Å². The van der Waals surface area contributed by atoms with Crippen LogP contribution in [0.5, 0.6) is 0 Å². The molecular formula is C38H66O17. The predicted octanol–water partition coefficient (Wildman–Crippen LogP) is 1.77. The van der Waals surface area contributed by atoms with Crippen molar-refractivity contribution in [2.45, 2.75) is 163 Å². The Morgan fingerprint density at radius 3 is 0.945 bits per heavy atom. The first-order valence-corrected chi connectivity index (χ1v) is 19.2. The van der Waals surface area contributed by atoms with E-state index in [0.717, 1.165) is 6.92 Å². The molecule has 14 atom stereocenters. The fraction of sp³-hybridized carbons (Fsp3) is 0.842. The lowest BCUT2D eigenvalue weighted by atomic mass is 9.98. The number of ether oxygens (including phenoxy) is 6. The van der Waals surface area contributed by atoms with Gasteiger partial charge in [0, 0.05) is 36.5 Å². The van der Waals surface area contributed by atoms with Crippen LogP contribution in [0.15, 0.2) is 0 Å². The monoisotopic (exact) mass is 794 g/mol. The highest BCUT2D eigenvalue weighted by Crippen LogP contribution is 2.25. The molecule has 55 heavy (non-hydrogen) atoms. The van der Waals surface area contributed by atoms with E-state index in [1.807, 2.05) is 0 Å². The van der Waals surface area contributed by atoms with Crippen molar-refractivity contribution in [2.75, 3.05) is 13.2 Å². The standard InChI is InChI=1S/C38H66O17/c1-12-19(6)29(34(45)50-18-26(42)28(44)27(43)25(41)17-39)52-36(47)31(21(8)14-3)54-38(49)33(23(10)16-5)55-37(48)32(22(9)15-4)53-35(46)30(20(7)13-2)51-24(11)40/h19-23,25-33,39,41-44H,12-18H2,1-11H3. The van der Waals surface area contributed by atoms with Gasteiger partial charge in [0.2, 0.25) is 30.5 Å². The fourth-order valence-electron chi connectivity index (χ4n) is 4.91. The number of aliphatic hydroxyl groups is 5. The molecule has 0 rings (SSSR count). The summed E-state index contributed by atoms with van der Waals surface area (Å²) in [5.41, 5.74) is 0. The van der Waals surface area contributed by atoms with Crippen LogP contribution < -0.4 is 0 Å². The molecule has 0 aromatic rings. The maximum atomic E-state index is 13.8. The lowest BCUT2D eigenvalue weighted by Crippen LogP contribution is -2.48. The van der Waals surface area contributed by atoms with Gasteiger partial charge in [0.05, 0.1) is 6.61 Å². The van der Waals surface area contributed by atoms with Gasteiger partial charge in [0.1, 0.15) is 31.0 Å². The van der Waals surface area contributed by atoms with Gasteiger partial charge in [0.25, 0.3) is 0 Å². The van der Waals surface area contributed by atoms with E-state index in [4.69, 9.17) is 33.5 Å². The highest BCUT2D eigenvalue weighted by molar-refractivity contribution is 5.87. The van der Waals surface area contributed by atoms with E-state index in [9.17, 15) is 49.2 Å². The summed E-state index contributed by atoms with van der Waals surface area (Å²) in [6, 6.07) is 0. The summed E-state index contributed by atoms with van der Waals surface area (Å²) in [4.78, 5) is 79.1. The number of carbonyl (C=O) groups is 6. The summed E-state index contributed by atoms with van der Waals surface area (Å²) in [6.45, 7) is 16.2. The largest absolute Gasteiger partial charge is 0.460 e. The minimum Gasteiger partial charge on any atom is -0.460 e. The van der Waals surface area contributed by atoms with Gasteiger partial charge in [-0.15, -0.1) is 0 Å². The smallest absolute Gasteiger partial charge is 0.348 e. The van der Waals surface area contributed by atoms with Crippen LogP contribution in [-0.4, -0.2) is 129 Å². The van der Waals surface area contributed by atoms with Gasteiger partial charge >= 0.3 is 35.8 Å². The van der Waals surface area contributed by atoms with Gasteiger partial charge in [-0.1, -0.05) is 69.2 Å². The highest BCUT2D eigenvalue weighted by Gasteiger charge is 2.42. The van der Waals surface area contributed by atoms with Crippen LogP contribution in [0.1, 0.15) is 108 Å². The average Bonchev–Trinajstić information content (AvgIpc) is 3.17. The van der Waals surface area contributed by atoms with E-state index < -0.39 is 134 Å². The van der Waals surface area contributed by atoms with Crippen molar-refractivity contribution in [3.05, 3.63) is 0 Å². The number of hydrogen-bond donors (Lipinski definition) is 5. The Morgan fingerprint density at radius 1 is 0.436 bits per heavy atom. The second kappa shape index (κ2) is 25.7. The molecule has 0 aliphatic rings. The van der Waals surface area contributed by atoms with Gasteiger partial charge in [-0.2, -0.15) is 0 Å². The molecule has 17 nitrogen and oxygen atoms in total. The second-order valence-electron chi connectivity index (χ2n) is 14.3. The SMILES string of the molecule is CCC(C)C(OC(C)=O)C(=O)OC(C(=O)OC(C(=O)OC(C(=O)OC(C(=O)OCC(O)C(O)C(O)C(O)CO)C(C)CC)C(C)CC)C(C)CC)C(C)CC. The summed E-state index contributed by atoms with van der Waals surface area (Å²) >= 11 is 0. The molecule has 0 saturated heterocycles. The van der Waals surface area contributed by atoms with Gasteiger partial charge in [-0.3, -0.25) is 4.79 Å². The molecule has 0 fully saturated rings. The Labute approximate surface area is 324 Å². The summed E-state index contributed by atoms with van der Waals surface area (Å²) in [5, 5.41) is 48.6. The van der Waals surface area contributed by atoms with E-state index >= 15 is 0 Å². The summed E-state index contributed by atoms with van der Waals surface area (Å²) in [5.74, 6) is -9.02. The van der Waals surface area contributed by atoms with Crippen molar-refractivity contribution < 1.29 is 82.7 Å². The van der Waals surface area contributed by atoms with Gasteiger partial charge in [-0.05, 0) is 32.1 Å². The van der Waals surface area contributed by atoms with Crippen molar-refractivity contribution in [3.63, 3.8) is 0 Å². The number of aliphatic hydroxyl groups excluding tert-OH is 5. The Kier molecular flexibility index (Phi) is 24.1. The lowest BCUT2D eigenvalue weighted by molar-refractivity contribution is -0.197. The highest BCUT2D eigenvalue weighted by atomic mass is 16.7. The molecule has 0 aromatic carbocycles. The second-order valence-corrected chi connectivity index (χ2v) is 14.3. The van der Waals surface area contributed by atoms with Crippen LogP contribution >= 0.6 is 0 Å². The zero-order chi connectivity index (χ0) is 42.7. The first-order chi connectivity index (χ1) is 25.7. The van der Waals surface area contributed by atoms with Crippen LogP contribution in [0.4, 0.5) is 0 Å². The number of hydrogen-bond acceptors (Lipinski definition) is 17. The molecule has 0 bridgehead atoms. The minimum atomic E-state index is -2.00. The summed E-state index contributed by atoms with van der Waals surface area (Å²) < 4.78 is 32.7. The fourth-order valence-corrected chi connectivity index (χ4v) is 4.91. The van der Waals surface area contributed by atoms with E-state index in [-0.39, 0.29) is 0 Å². The maximum Gasteiger partial charge on any atom is 0.348 e. The maximum absolute atomic E-state index is 13.8. The predicted molar refractivity (Wildman–Crippen MR) is 194 cm³/mol. The molecular weight excluding hydrogens is 728 g/mol. The van der Waals surface area contributed by atoms with Crippen molar-refractivity contribution in [2.24, 2.45) is 29.6 Å². The van der Waals surface area contributed by atoms with E-state index in [2.05, 4.69) is 0 Å². The number of carbonyl (C=O) groups excluding carboxylic acids is 6. The van der Waals surface area contributed by atoms with Gasteiger partial charge < -0.3 is 54.0 Å². The van der Waals surface area contributed by atoms with Crippen molar-refractivity contribution >= 4 is 35.8 Å². The molecule has 0 radical (unpaired) electrons. The van der Waals surface area contributed by atoms with Crippen molar-refractivity contribution in [3.8, 4) is 0 Å². The molecule has 0 spiro atoms. The molecule has 14 unspecified atom stereocenters. The molecule has 0 amide bonds. The van der Waals surface area contributed by atoms with Crippen LogP contribution in [0.3, 0.4) is 0 Å². The molecule has 5 N–H and O–H groups in total. The Bertz CT molecular complexity index is 1210. The van der Waals surface area contributed by atoms with E-state index in [1.165, 1.54) is 0 Å². The lowest BCUT2D eigenvalue weighted by Gasteiger charge is -2.30. The quantitative estimate of drug-likeness (QED) is 0.0617. The third-order valence-electron chi connectivity index (χ3n) is 9.95. The zero-order valence-electron chi connectivity index (χ0n) is 34.2. The Balaban J connectivity index is 6.28. The molecule has 320 valence electrons. The molecule has 0 aromatic heterocycles. The normalized spacial score (nSPS) is 19.2. The Morgan fingerprint density at radius 2 is 0.691 bits per heavy atom. The summed E-state index contributed by atoms with van der Waals surface area (Å²) in [7, 11) is 0. The number of esters is 6. The van der Waals surface area contributed by atoms with Crippen molar-refractivity contribution in [1.82, 2.24) is 0 Å². The topological polar surface area (TPSA) is 259 Å². The van der Waals surface area contributed by atoms with Crippen molar-refractivity contribution in [1.29, 1.82) is 0 Å². The van der Waals surface area contributed by atoms with Crippen LogP contribution in [-0.2, 0) is 57.2 Å². The third kappa shape index (κ3) is 16.3. The number of rotatable bonds is 26. The molecule has 17 heteroatoms. The van der Waals surface area contributed by atoms with Gasteiger partial charge in [0.15, 0.2) is 0 Å². The van der Waals surface area contributed by atoms with Gasteiger partial charge in [-0.25, -0.2) is 24.0 Å². The third-order valence-corrected chi connectivity index (χ3v) is 9.95. The average molecular weight is 795 g/mol. The molecule has 0 aliphatic heterocycles. The van der Waals surface area contributed by atoms with E-state index in [1.54, 1.807) is 69.2 Å². The zero-order valence-corrected chi connectivity index (χ0v) is 34.2. The minimum absolute atomic E-state index is 0.303. The molecule has 0 saturated carbocycles. The molecule has 0 heterocycles. The first kappa shape index (κ1) is 51.6. The van der Waals surface area contributed by atoms with Crippen LogP contribution in [0, 0.1) is 29.6 Å². The first-order valence-electron chi connectivity index (χ1n) is 19.2. The van der Waals surface area contributed by atoms with E-state index in [0.29, 0.717) is 32.1 Å².